The van der Waals surface area contributed by atoms with Crippen LogP contribution in [0.25, 0.3) is 11.4 Å². The van der Waals surface area contributed by atoms with Crippen LogP contribution in [0.2, 0.25) is 0 Å². The van der Waals surface area contributed by atoms with Crippen molar-refractivity contribution in [3.8, 4) is 11.4 Å². The largest absolute Gasteiger partial charge is 0.444 e. The zero-order valence-corrected chi connectivity index (χ0v) is 24.8. The van der Waals surface area contributed by atoms with Crippen LogP contribution < -0.4 is 0 Å². The molecule has 1 saturated carbocycles. The maximum atomic E-state index is 15.1. The molecule has 0 spiro atoms. The molecule has 0 radical (unpaired) electrons. The van der Waals surface area contributed by atoms with Crippen LogP contribution in [0.15, 0.2) is 30.6 Å². The first-order valence-electron chi connectivity index (χ1n) is 14.8. The molecule has 1 aliphatic carbocycles. The SMILES string of the molecule is COC[C@@H]1CCCN1C(=O)c1ccc(-c2ncc(C(=O)N(C3CC3)C3CCN(C(=O)OC(C)(C)C)CC3)cn2)cc1F. The van der Waals surface area contributed by atoms with Crippen molar-refractivity contribution in [2.45, 2.75) is 83.0 Å². The van der Waals surface area contributed by atoms with Crippen LogP contribution in [0.3, 0.4) is 0 Å². The average molecular weight is 582 g/mol. The second kappa shape index (κ2) is 12.3. The number of rotatable bonds is 7. The van der Waals surface area contributed by atoms with E-state index in [0.717, 1.165) is 25.7 Å². The molecule has 2 saturated heterocycles. The third-order valence-corrected chi connectivity index (χ3v) is 8.04. The second-order valence-electron chi connectivity index (χ2n) is 12.4. The van der Waals surface area contributed by atoms with E-state index in [4.69, 9.17) is 9.47 Å². The monoisotopic (exact) mass is 581 g/mol. The number of halogens is 1. The first kappa shape index (κ1) is 29.9. The van der Waals surface area contributed by atoms with E-state index in [-0.39, 0.29) is 47.4 Å². The molecular weight excluding hydrogens is 541 g/mol. The van der Waals surface area contributed by atoms with Crippen molar-refractivity contribution < 1.29 is 28.2 Å². The Morgan fingerprint density at radius 2 is 1.67 bits per heavy atom. The average Bonchev–Trinajstić information content (AvgIpc) is 3.68. The molecule has 5 rings (SSSR count). The molecule has 3 fully saturated rings. The Labute approximate surface area is 246 Å². The summed E-state index contributed by atoms with van der Waals surface area (Å²) < 4.78 is 25.8. The molecular formula is C31H40FN5O5. The molecule has 1 atom stereocenters. The zero-order chi connectivity index (χ0) is 30.0. The summed E-state index contributed by atoms with van der Waals surface area (Å²) in [5.41, 5.74) is 0.242. The van der Waals surface area contributed by atoms with Crippen LogP contribution in [0.1, 0.15) is 80.0 Å². The Morgan fingerprint density at radius 3 is 2.26 bits per heavy atom. The number of ether oxygens (including phenoxy) is 2. The van der Waals surface area contributed by atoms with Gasteiger partial charge < -0.3 is 24.2 Å². The summed E-state index contributed by atoms with van der Waals surface area (Å²) in [4.78, 5) is 53.1. The zero-order valence-electron chi connectivity index (χ0n) is 24.8. The van der Waals surface area contributed by atoms with Crippen LogP contribution in [0.5, 0.6) is 0 Å². The minimum Gasteiger partial charge on any atom is -0.444 e. The smallest absolute Gasteiger partial charge is 0.410 e. The molecule has 1 aromatic carbocycles. The van der Waals surface area contributed by atoms with Gasteiger partial charge in [0.2, 0.25) is 0 Å². The fraction of sp³-hybridized carbons (Fsp3) is 0.581. The number of carbonyl (C=O) groups excluding carboxylic acids is 3. The Hall–Kier alpha value is -3.60. The number of nitrogens with zero attached hydrogens (tertiary/aromatic N) is 5. The second-order valence-corrected chi connectivity index (χ2v) is 12.4. The number of hydrogen-bond acceptors (Lipinski definition) is 7. The number of benzene rings is 1. The van der Waals surface area contributed by atoms with Crippen molar-refractivity contribution in [3.63, 3.8) is 0 Å². The summed E-state index contributed by atoms with van der Waals surface area (Å²) in [7, 11) is 1.59. The molecule has 2 aromatic rings. The van der Waals surface area contributed by atoms with Crippen molar-refractivity contribution >= 4 is 17.9 Å². The van der Waals surface area contributed by atoms with Gasteiger partial charge in [-0.15, -0.1) is 0 Å². The lowest BCUT2D eigenvalue weighted by Gasteiger charge is -2.39. The van der Waals surface area contributed by atoms with Gasteiger partial charge in [-0.25, -0.2) is 19.2 Å². The van der Waals surface area contributed by atoms with Crippen molar-refractivity contribution in [1.82, 2.24) is 24.7 Å². The van der Waals surface area contributed by atoms with E-state index in [0.29, 0.717) is 50.2 Å². The number of likely N-dealkylation sites (tertiary alicyclic amines) is 2. The predicted molar refractivity (Wildman–Crippen MR) is 153 cm³/mol. The quantitative estimate of drug-likeness (QED) is 0.473. The van der Waals surface area contributed by atoms with Crippen LogP contribution in [-0.2, 0) is 9.47 Å². The van der Waals surface area contributed by atoms with Crippen molar-refractivity contribution in [2.24, 2.45) is 0 Å². The summed E-state index contributed by atoms with van der Waals surface area (Å²) in [6.07, 6.45) is 7.58. The summed E-state index contributed by atoms with van der Waals surface area (Å²) in [6.45, 7) is 7.60. The number of carbonyl (C=O) groups is 3. The molecule has 2 aliphatic heterocycles. The van der Waals surface area contributed by atoms with Gasteiger partial charge in [0.1, 0.15) is 11.4 Å². The summed E-state index contributed by atoms with van der Waals surface area (Å²) >= 11 is 0. The molecule has 11 heteroatoms. The summed E-state index contributed by atoms with van der Waals surface area (Å²) in [5, 5.41) is 0. The first-order valence-corrected chi connectivity index (χ1v) is 14.8. The van der Waals surface area contributed by atoms with E-state index in [9.17, 15) is 14.4 Å². The predicted octanol–water partition coefficient (Wildman–Crippen LogP) is 4.54. The maximum absolute atomic E-state index is 15.1. The van der Waals surface area contributed by atoms with E-state index in [1.807, 2.05) is 25.7 Å². The molecule has 3 aliphatic rings. The van der Waals surface area contributed by atoms with Gasteiger partial charge >= 0.3 is 6.09 Å². The molecule has 0 N–H and O–H groups in total. The highest BCUT2D eigenvalue weighted by Gasteiger charge is 2.40. The summed E-state index contributed by atoms with van der Waals surface area (Å²) in [6, 6.07) is 4.50. The Kier molecular flexibility index (Phi) is 8.77. The van der Waals surface area contributed by atoms with E-state index in [1.165, 1.54) is 24.5 Å². The molecule has 3 heterocycles. The molecule has 10 nitrogen and oxygen atoms in total. The van der Waals surface area contributed by atoms with Gasteiger partial charge in [-0.3, -0.25) is 9.59 Å². The normalized spacial score (nSPS) is 19.6. The van der Waals surface area contributed by atoms with Crippen LogP contribution in [0.4, 0.5) is 9.18 Å². The summed E-state index contributed by atoms with van der Waals surface area (Å²) in [5.74, 6) is -0.853. The fourth-order valence-electron chi connectivity index (χ4n) is 5.82. The van der Waals surface area contributed by atoms with E-state index >= 15 is 4.39 Å². The standard InChI is InChI=1S/C31H40FN5O5/c1-31(2,3)42-30(40)35-14-11-23(12-15-35)37(22-8-9-22)28(38)21-17-33-27(34-18-21)20-7-10-25(26(32)16-20)29(39)36-13-5-6-24(36)19-41-4/h7,10,16-18,22-24H,5-6,8-9,11-15,19H2,1-4H3/t24-/m0/s1. The highest BCUT2D eigenvalue weighted by atomic mass is 19.1. The lowest BCUT2D eigenvalue weighted by atomic mass is 10.0. The Morgan fingerprint density at radius 1 is 1.00 bits per heavy atom. The molecule has 1 aromatic heterocycles. The minimum atomic E-state index is -0.637. The van der Waals surface area contributed by atoms with E-state index < -0.39 is 11.4 Å². The lowest BCUT2D eigenvalue weighted by Crippen LogP contribution is -2.50. The number of aromatic nitrogens is 2. The van der Waals surface area contributed by atoms with Gasteiger partial charge in [-0.2, -0.15) is 0 Å². The minimum absolute atomic E-state index is 0.00587. The Bertz CT molecular complexity index is 1300. The van der Waals surface area contributed by atoms with Gasteiger partial charge in [0, 0.05) is 56.8 Å². The lowest BCUT2D eigenvalue weighted by molar-refractivity contribution is 0.0142. The van der Waals surface area contributed by atoms with Crippen LogP contribution in [0, 0.1) is 5.82 Å². The number of amides is 3. The maximum Gasteiger partial charge on any atom is 0.410 e. The first-order chi connectivity index (χ1) is 20.1. The van der Waals surface area contributed by atoms with Gasteiger partial charge in [0.25, 0.3) is 11.8 Å². The van der Waals surface area contributed by atoms with Crippen molar-refractivity contribution in [1.29, 1.82) is 0 Å². The third kappa shape index (κ3) is 6.72. The van der Waals surface area contributed by atoms with E-state index in [2.05, 4.69) is 9.97 Å². The van der Waals surface area contributed by atoms with Gasteiger partial charge in [-0.1, -0.05) is 6.07 Å². The van der Waals surface area contributed by atoms with Crippen LogP contribution in [-0.4, -0.2) is 99.7 Å². The van der Waals surface area contributed by atoms with Gasteiger partial charge in [0.05, 0.1) is 23.8 Å². The van der Waals surface area contributed by atoms with Gasteiger partial charge in [0.15, 0.2) is 5.82 Å². The molecule has 226 valence electrons. The number of hydrogen-bond donors (Lipinski definition) is 0. The highest BCUT2D eigenvalue weighted by molar-refractivity contribution is 5.96. The van der Waals surface area contributed by atoms with Crippen molar-refractivity contribution in [3.05, 3.63) is 47.5 Å². The Balaban J connectivity index is 1.24. The van der Waals surface area contributed by atoms with Crippen molar-refractivity contribution in [2.75, 3.05) is 33.4 Å². The van der Waals surface area contributed by atoms with E-state index in [1.54, 1.807) is 23.0 Å². The number of piperidine rings is 1. The fourth-order valence-corrected chi connectivity index (χ4v) is 5.82. The molecule has 42 heavy (non-hydrogen) atoms. The van der Waals surface area contributed by atoms with Crippen LogP contribution >= 0.6 is 0 Å². The number of methoxy groups -OCH3 is 1. The van der Waals surface area contributed by atoms with Gasteiger partial charge in [-0.05, 0) is 71.4 Å². The molecule has 3 amide bonds. The third-order valence-electron chi connectivity index (χ3n) is 8.04. The molecule has 0 unspecified atom stereocenters. The molecule has 0 bridgehead atoms. The highest BCUT2D eigenvalue weighted by Crippen LogP contribution is 2.33. The topological polar surface area (TPSA) is 105 Å².